The number of urea groups is 1. The lowest BCUT2D eigenvalue weighted by Gasteiger charge is -2.45. The average molecular weight is 254 g/mol. The molecule has 5 nitrogen and oxygen atoms in total. The van der Waals surface area contributed by atoms with E-state index in [0.29, 0.717) is 13.1 Å². The smallest absolute Gasteiger partial charge is 0.320 e. The zero-order valence-electron chi connectivity index (χ0n) is 11.3. The number of likely N-dealkylation sites (tertiary alicyclic amines) is 2. The first-order valence-electron chi connectivity index (χ1n) is 6.62. The van der Waals surface area contributed by atoms with E-state index in [2.05, 4.69) is 13.8 Å². The van der Waals surface area contributed by atoms with Crippen molar-refractivity contribution in [3.63, 3.8) is 0 Å². The van der Waals surface area contributed by atoms with E-state index < -0.39 is 5.97 Å². The molecule has 2 aliphatic heterocycles. The van der Waals surface area contributed by atoms with Crippen LogP contribution in [-0.4, -0.2) is 52.1 Å². The molecule has 18 heavy (non-hydrogen) atoms. The van der Waals surface area contributed by atoms with Crippen molar-refractivity contribution in [3.8, 4) is 0 Å². The lowest BCUT2D eigenvalue weighted by atomic mass is 9.87. The van der Waals surface area contributed by atoms with E-state index in [-0.39, 0.29) is 23.4 Å². The quantitative estimate of drug-likeness (QED) is 0.814. The summed E-state index contributed by atoms with van der Waals surface area (Å²) in [7, 11) is 0. The monoisotopic (exact) mass is 254 g/mol. The van der Waals surface area contributed by atoms with E-state index in [1.807, 2.05) is 4.90 Å². The number of carbonyl (C=O) groups is 2. The Morgan fingerprint density at radius 1 is 1.33 bits per heavy atom. The van der Waals surface area contributed by atoms with Gasteiger partial charge in [0.15, 0.2) is 0 Å². The minimum Gasteiger partial charge on any atom is -0.481 e. The van der Waals surface area contributed by atoms with Crippen molar-refractivity contribution in [2.75, 3.05) is 19.6 Å². The fraction of sp³-hybridized carbons (Fsp3) is 0.846. The molecule has 2 heterocycles. The Labute approximate surface area is 108 Å². The first kappa shape index (κ1) is 13.2. The van der Waals surface area contributed by atoms with Gasteiger partial charge in [0.2, 0.25) is 0 Å². The van der Waals surface area contributed by atoms with Crippen LogP contribution in [-0.2, 0) is 4.79 Å². The molecule has 102 valence electrons. The second-order valence-electron chi connectivity index (χ2n) is 6.14. The van der Waals surface area contributed by atoms with Crippen LogP contribution in [0.25, 0.3) is 0 Å². The van der Waals surface area contributed by atoms with E-state index in [4.69, 9.17) is 5.11 Å². The minimum absolute atomic E-state index is 0.0550. The van der Waals surface area contributed by atoms with Crippen LogP contribution in [0.4, 0.5) is 4.79 Å². The van der Waals surface area contributed by atoms with Crippen LogP contribution in [0.15, 0.2) is 0 Å². The van der Waals surface area contributed by atoms with Gasteiger partial charge in [-0.1, -0.05) is 6.92 Å². The highest BCUT2D eigenvalue weighted by Gasteiger charge is 2.43. The summed E-state index contributed by atoms with van der Waals surface area (Å²) in [6, 6.07) is 0.0753. The number of amides is 2. The summed E-state index contributed by atoms with van der Waals surface area (Å²) in [6.45, 7) is 7.89. The van der Waals surface area contributed by atoms with Gasteiger partial charge in [-0.2, -0.15) is 0 Å². The Kier molecular flexibility index (Phi) is 3.25. The molecule has 0 aliphatic carbocycles. The third-order valence-corrected chi connectivity index (χ3v) is 4.41. The molecule has 2 amide bonds. The van der Waals surface area contributed by atoms with E-state index in [9.17, 15) is 9.59 Å². The molecule has 0 aromatic heterocycles. The number of rotatable bonds is 2. The fourth-order valence-corrected chi connectivity index (χ4v) is 2.82. The Hall–Kier alpha value is -1.26. The lowest BCUT2D eigenvalue weighted by Crippen LogP contribution is -2.59. The van der Waals surface area contributed by atoms with Crippen molar-refractivity contribution in [1.82, 2.24) is 9.80 Å². The number of nitrogens with zero attached hydrogens (tertiary/aromatic N) is 2. The molecule has 0 spiro atoms. The van der Waals surface area contributed by atoms with Gasteiger partial charge in [-0.15, -0.1) is 0 Å². The van der Waals surface area contributed by atoms with E-state index >= 15 is 0 Å². The number of carbonyl (C=O) groups excluding carboxylic acids is 1. The van der Waals surface area contributed by atoms with E-state index in [0.717, 1.165) is 19.4 Å². The van der Waals surface area contributed by atoms with Crippen LogP contribution in [0, 0.1) is 11.8 Å². The number of aliphatic carboxylic acids is 1. The highest BCUT2D eigenvalue weighted by molar-refractivity contribution is 5.77. The molecule has 2 saturated heterocycles. The molecule has 2 aliphatic rings. The van der Waals surface area contributed by atoms with E-state index in [1.165, 1.54) is 0 Å². The Morgan fingerprint density at radius 2 is 1.94 bits per heavy atom. The van der Waals surface area contributed by atoms with Gasteiger partial charge in [-0.25, -0.2) is 4.79 Å². The van der Waals surface area contributed by atoms with Gasteiger partial charge in [0.1, 0.15) is 0 Å². The number of hydrogen-bond donors (Lipinski definition) is 1. The molecule has 0 saturated carbocycles. The molecule has 0 aromatic rings. The summed E-state index contributed by atoms with van der Waals surface area (Å²) in [5, 5.41) is 8.92. The Morgan fingerprint density at radius 3 is 2.39 bits per heavy atom. The summed E-state index contributed by atoms with van der Waals surface area (Å²) in [6.07, 6.45) is 2.10. The van der Waals surface area contributed by atoms with Gasteiger partial charge in [0.25, 0.3) is 0 Å². The fourth-order valence-electron chi connectivity index (χ4n) is 2.82. The third-order valence-electron chi connectivity index (χ3n) is 4.41. The van der Waals surface area contributed by atoms with Crippen LogP contribution < -0.4 is 0 Å². The number of carboxylic acid groups (broad SMARTS) is 1. The summed E-state index contributed by atoms with van der Waals surface area (Å²) in [5.41, 5.74) is -0.0550. The van der Waals surface area contributed by atoms with Crippen molar-refractivity contribution < 1.29 is 14.7 Å². The summed E-state index contributed by atoms with van der Waals surface area (Å²) in [4.78, 5) is 26.8. The Bertz CT molecular complexity index is 361. The third kappa shape index (κ3) is 2.18. The van der Waals surface area contributed by atoms with Gasteiger partial charge in [-0.3, -0.25) is 4.79 Å². The first-order chi connectivity index (χ1) is 8.33. The van der Waals surface area contributed by atoms with Crippen LogP contribution in [0.3, 0.4) is 0 Å². The van der Waals surface area contributed by atoms with Gasteiger partial charge in [-0.05, 0) is 26.7 Å². The summed E-state index contributed by atoms with van der Waals surface area (Å²) in [5.74, 6) is -1.02. The van der Waals surface area contributed by atoms with Crippen molar-refractivity contribution in [2.45, 2.75) is 39.2 Å². The molecule has 1 unspecified atom stereocenters. The summed E-state index contributed by atoms with van der Waals surface area (Å²) >= 11 is 0. The molecule has 0 radical (unpaired) electrons. The molecular weight excluding hydrogens is 232 g/mol. The number of hydrogen-bond acceptors (Lipinski definition) is 2. The predicted molar refractivity (Wildman–Crippen MR) is 67.3 cm³/mol. The second kappa shape index (κ2) is 4.44. The second-order valence-corrected chi connectivity index (χ2v) is 6.14. The van der Waals surface area contributed by atoms with Gasteiger partial charge >= 0.3 is 12.0 Å². The topological polar surface area (TPSA) is 60.9 Å². The zero-order valence-corrected chi connectivity index (χ0v) is 11.3. The molecule has 0 bridgehead atoms. The SMILES string of the molecule is CC(C(=O)O)C1CN(C(=O)N2CCCC2(C)C)C1. The highest BCUT2D eigenvalue weighted by atomic mass is 16.4. The number of carboxylic acids is 1. The standard InChI is InChI=1S/C13H22N2O3/c1-9(11(16)17)10-7-14(8-10)12(18)15-6-4-5-13(15,2)3/h9-10H,4-8H2,1-3H3,(H,16,17). The van der Waals surface area contributed by atoms with Gasteiger partial charge in [0.05, 0.1) is 5.92 Å². The van der Waals surface area contributed by atoms with Crippen LogP contribution in [0.1, 0.15) is 33.6 Å². The predicted octanol–water partition coefficient (Wildman–Crippen LogP) is 1.63. The van der Waals surface area contributed by atoms with Crippen molar-refractivity contribution in [3.05, 3.63) is 0 Å². The maximum Gasteiger partial charge on any atom is 0.320 e. The molecule has 2 rings (SSSR count). The minimum atomic E-state index is -0.770. The lowest BCUT2D eigenvalue weighted by molar-refractivity contribution is -0.145. The van der Waals surface area contributed by atoms with Crippen molar-refractivity contribution in [1.29, 1.82) is 0 Å². The van der Waals surface area contributed by atoms with Gasteiger partial charge in [0, 0.05) is 31.1 Å². The average Bonchev–Trinajstić information content (AvgIpc) is 2.55. The van der Waals surface area contributed by atoms with E-state index in [1.54, 1.807) is 11.8 Å². The highest BCUT2D eigenvalue weighted by Crippen LogP contribution is 2.32. The molecule has 5 heteroatoms. The maximum absolute atomic E-state index is 12.3. The molecule has 1 atom stereocenters. The van der Waals surface area contributed by atoms with Crippen molar-refractivity contribution in [2.24, 2.45) is 11.8 Å². The normalized spacial score (nSPS) is 24.8. The zero-order chi connectivity index (χ0) is 13.5. The maximum atomic E-state index is 12.3. The molecule has 0 aromatic carbocycles. The van der Waals surface area contributed by atoms with Crippen LogP contribution >= 0.6 is 0 Å². The molecule has 1 N–H and O–H groups in total. The Balaban J connectivity index is 1.89. The summed E-state index contributed by atoms with van der Waals surface area (Å²) < 4.78 is 0. The molecular formula is C13H22N2O3. The van der Waals surface area contributed by atoms with Crippen LogP contribution in [0.5, 0.6) is 0 Å². The van der Waals surface area contributed by atoms with Gasteiger partial charge < -0.3 is 14.9 Å². The molecule has 2 fully saturated rings. The van der Waals surface area contributed by atoms with Crippen molar-refractivity contribution >= 4 is 12.0 Å². The van der Waals surface area contributed by atoms with Crippen LogP contribution in [0.2, 0.25) is 0 Å². The first-order valence-corrected chi connectivity index (χ1v) is 6.62. The largest absolute Gasteiger partial charge is 0.481 e.